The van der Waals surface area contributed by atoms with E-state index in [-0.39, 0.29) is 73.2 Å². The van der Waals surface area contributed by atoms with Gasteiger partial charge in [0.25, 0.3) is 0 Å². The van der Waals surface area contributed by atoms with E-state index in [9.17, 15) is 27.5 Å². The van der Waals surface area contributed by atoms with E-state index in [2.05, 4.69) is 11.6 Å². The van der Waals surface area contributed by atoms with E-state index in [0.29, 0.717) is 6.07 Å². The molecule has 3 aliphatic heterocycles. The van der Waals surface area contributed by atoms with Gasteiger partial charge in [0.2, 0.25) is 12.3 Å². The highest BCUT2D eigenvalue weighted by atomic mass is 35.5. The summed E-state index contributed by atoms with van der Waals surface area (Å²) in [6.45, 7) is 4.40. The summed E-state index contributed by atoms with van der Waals surface area (Å²) < 4.78 is 84.3. The third-order valence-electron chi connectivity index (χ3n) is 7.19. The maximum absolute atomic E-state index is 15.2. The van der Waals surface area contributed by atoms with E-state index < -0.39 is 52.0 Å². The Hall–Kier alpha value is -2.91. The Bertz CT molecular complexity index is 1430. The number of carbonyl (C=O) groups is 1. The molecule has 0 saturated carbocycles. The van der Waals surface area contributed by atoms with Gasteiger partial charge in [-0.1, -0.05) is 18.2 Å². The van der Waals surface area contributed by atoms with E-state index in [0.717, 1.165) is 23.9 Å². The standard InChI is InChI=1S/C27H26ClF5N4O4S/c1-3-21(38)35-4-6-36(7-5-35)25-16-8-17(27(31,32)33)22(15-9-18(28)20(30)10-19(15)29)24-23(16)37(26(39)34-25)11-14(12-42-24)41-13-40-2/h3,8-10,14,26,39H,1,4-7,11-13H2,2H3. The lowest BCUT2D eigenvalue weighted by Crippen LogP contribution is -2.53. The van der Waals surface area contributed by atoms with Crippen LogP contribution in [0.1, 0.15) is 11.1 Å². The van der Waals surface area contributed by atoms with Crippen molar-refractivity contribution in [3.8, 4) is 11.1 Å². The number of alkyl halides is 3. The number of anilines is 1. The molecule has 0 aliphatic carbocycles. The van der Waals surface area contributed by atoms with Crippen molar-refractivity contribution < 1.29 is 41.3 Å². The molecule has 0 radical (unpaired) electrons. The minimum absolute atomic E-state index is 0.0110. The van der Waals surface area contributed by atoms with Crippen LogP contribution in [0, 0.1) is 11.6 Å². The summed E-state index contributed by atoms with van der Waals surface area (Å²) in [5.74, 6) is -2.39. The molecule has 226 valence electrons. The summed E-state index contributed by atoms with van der Waals surface area (Å²) in [5.41, 5.74) is -1.97. The number of rotatable bonds is 5. The van der Waals surface area contributed by atoms with Gasteiger partial charge < -0.3 is 29.3 Å². The predicted molar refractivity (Wildman–Crippen MR) is 148 cm³/mol. The number of aliphatic hydroxyl groups excluding tert-OH is 1. The molecule has 15 heteroatoms. The first-order valence-electron chi connectivity index (χ1n) is 12.8. The quantitative estimate of drug-likeness (QED) is 0.224. The van der Waals surface area contributed by atoms with Crippen molar-refractivity contribution in [3.63, 3.8) is 0 Å². The lowest BCUT2D eigenvalue weighted by molar-refractivity contribution is -0.137. The van der Waals surface area contributed by atoms with E-state index in [4.69, 9.17) is 21.1 Å². The number of aliphatic hydroxyl groups is 1. The number of halogens is 6. The minimum atomic E-state index is -4.96. The summed E-state index contributed by atoms with van der Waals surface area (Å²) in [6.07, 6.45) is -5.91. The molecule has 1 fully saturated rings. The first-order valence-corrected chi connectivity index (χ1v) is 14.2. The molecule has 1 N–H and O–H groups in total. The first-order chi connectivity index (χ1) is 19.9. The molecular weight excluding hydrogens is 607 g/mol. The van der Waals surface area contributed by atoms with Crippen molar-refractivity contribution in [2.75, 3.05) is 57.3 Å². The number of ether oxygens (including phenoxy) is 2. The van der Waals surface area contributed by atoms with Crippen LogP contribution in [0.3, 0.4) is 0 Å². The van der Waals surface area contributed by atoms with Gasteiger partial charge in [-0.15, -0.1) is 11.8 Å². The average Bonchev–Trinajstić information content (AvgIpc) is 3.15. The SMILES string of the molecule is C=CC(=O)N1CCN(C2=NC(O)N3CC(OCOC)CSc4c(-c5cc(Cl)c(F)cc5F)c(C(F)(F)F)cc2c43)CC1. The van der Waals surface area contributed by atoms with Crippen LogP contribution in [0.25, 0.3) is 11.1 Å². The van der Waals surface area contributed by atoms with Crippen LogP contribution in [0.15, 0.2) is 40.7 Å². The molecule has 2 atom stereocenters. The molecule has 42 heavy (non-hydrogen) atoms. The highest BCUT2D eigenvalue weighted by molar-refractivity contribution is 7.99. The Morgan fingerprint density at radius 1 is 1.19 bits per heavy atom. The zero-order valence-corrected chi connectivity index (χ0v) is 23.8. The lowest BCUT2D eigenvalue weighted by Gasteiger charge is -2.41. The molecule has 3 aliphatic rings. The molecule has 5 rings (SSSR count). The summed E-state index contributed by atoms with van der Waals surface area (Å²) in [6, 6.07) is 2.15. The van der Waals surface area contributed by atoms with Crippen molar-refractivity contribution in [1.29, 1.82) is 0 Å². The Balaban J connectivity index is 1.72. The topological polar surface area (TPSA) is 77.8 Å². The van der Waals surface area contributed by atoms with E-state index in [1.807, 2.05) is 0 Å². The van der Waals surface area contributed by atoms with Gasteiger partial charge in [0.15, 0.2) is 0 Å². The summed E-state index contributed by atoms with van der Waals surface area (Å²) in [4.78, 5) is 21.1. The van der Waals surface area contributed by atoms with Crippen LogP contribution in [0.2, 0.25) is 5.02 Å². The average molecular weight is 633 g/mol. The number of thioether (sulfide) groups is 1. The fourth-order valence-corrected chi connectivity index (χ4v) is 6.68. The third-order valence-corrected chi connectivity index (χ3v) is 8.70. The van der Waals surface area contributed by atoms with Gasteiger partial charge in [-0.05, 0) is 18.2 Å². The second-order valence-electron chi connectivity index (χ2n) is 9.74. The van der Waals surface area contributed by atoms with Crippen molar-refractivity contribution >= 4 is 40.8 Å². The smallest absolute Gasteiger partial charge is 0.359 e. The van der Waals surface area contributed by atoms with Gasteiger partial charge in [0.1, 0.15) is 24.3 Å². The molecule has 0 aromatic heterocycles. The largest absolute Gasteiger partial charge is 0.417 e. The molecule has 0 spiro atoms. The van der Waals surface area contributed by atoms with Crippen molar-refractivity contribution in [1.82, 2.24) is 9.80 Å². The molecule has 3 heterocycles. The highest BCUT2D eigenvalue weighted by Crippen LogP contribution is 2.52. The van der Waals surface area contributed by atoms with Crippen LogP contribution in [0.5, 0.6) is 0 Å². The predicted octanol–water partition coefficient (Wildman–Crippen LogP) is 4.57. The normalized spacial score (nSPS) is 20.7. The van der Waals surface area contributed by atoms with Crippen LogP contribution in [-0.4, -0.2) is 91.5 Å². The molecule has 0 bridgehead atoms. The van der Waals surface area contributed by atoms with Crippen molar-refractivity contribution in [2.45, 2.75) is 23.5 Å². The Kier molecular flexibility index (Phi) is 8.72. The number of hydrogen-bond acceptors (Lipinski definition) is 8. The Morgan fingerprint density at radius 2 is 1.90 bits per heavy atom. The minimum Gasteiger partial charge on any atom is -0.359 e. The molecule has 2 aromatic rings. The summed E-state index contributed by atoms with van der Waals surface area (Å²) >= 11 is 6.90. The van der Waals surface area contributed by atoms with Gasteiger partial charge in [-0.25, -0.2) is 13.8 Å². The number of hydrogen-bond donors (Lipinski definition) is 1. The zero-order valence-electron chi connectivity index (χ0n) is 22.3. The van der Waals surface area contributed by atoms with Crippen molar-refractivity contribution in [2.24, 2.45) is 4.99 Å². The lowest BCUT2D eigenvalue weighted by atomic mass is 9.93. The van der Waals surface area contributed by atoms with Crippen LogP contribution < -0.4 is 4.90 Å². The van der Waals surface area contributed by atoms with E-state index in [1.165, 1.54) is 18.1 Å². The van der Waals surface area contributed by atoms with Gasteiger partial charge in [-0.3, -0.25) is 4.79 Å². The number of carbonyl (C=O) groups excluding carboxylic acids is 1. The molecule has 2 unspecified atom stereocenters. The number of benzene rings is 2. The van der Waals surface area contributed by atoms with Crippen LogP contribution >= 0.6 is 23.4 Å². The van der Waals surface area contributed by atoms with Crippen molar-refractivity contribution in [3.05, 3.63) is 58.6 Å². The first kappa shape index (κ1) is 30.5. The molecule has 2 aromatic carbocycles. The zero-order chi connectivity index (χ0) is 30.3. The van der Waals surface area contributed by atoms with Gasteiger partial charge >= 0.3 is 6.18 Å². The number of aliphatic imine (C=N–C) groups is 1. The molecule has 1 amide bonds. The number of methoxy groups -OCH3 is 1. The highest BCUT2D eigenvalue weighted by Gasteiger charge is 2.43. The molecule has 1 saturated heterocycles. The second kappa shape index (κ2) is 12.0. The maximum Gasteiger partial charge on any atom is 0.417 e. The monoisotopic (exact) mass is 632 g/mol. The third kappa shape index (κ3) is 5.70. The Labute approximate surface area is 247 Å². The Morgan fingerprint density at radius 3 is 2.55 bits per heavy atom. The van der Waals surface area contributed by atoms with Gasteiger partial charge in [0.05, 0.1) is 22.4 Å². The van der Waals surface area contributed by atoms with E-state index >= 15 is 4.39 Å². The number of amides is 1. The molecule has 8 nitrogen and oxygen atoms in total. The fourth-order valence-electron chi connectivity index (χ4n) is 5.23. The second-order valence-corrected chi connectivity index (χ2v) is 11.2. The van der Waals surface area contributed by atoms with Crippen LogP contribution in [-0.2, 0) is 20.4 Å². The maximum atomic E-state index is 15.2. The summed E-state index contributed by atoms with van der Waals surface area (Å²) in [7, 11) is 1.42. The number of amidine groups is 1. The fraction of sp³-hybridized carbons (Fsp3) is 0.407. The van der Waals surface area contributed by atoms with Crippen LogP contribution in [0.4, 0.5) is 27.6 Å². The summed E-state index contributed by atoms with van der Waals surface area (Å²) in [5, 5.41) is 10.7. The molecular formula is C27H26ClF5N4O4S. The number of piperazine rings is 1. The van der Waals surface area contributed by atoms with E-state index in [1.54, 1.807) is 9.80 Å². The van der Waals surface area contributed by atoms with Gasteiger partial charge in [0, 0.05) is 73.2 Å². The number of nitrogens with zero attached hydrogens (tertiary/aromatic N) is 4. The van der Waals surface area contributed by atoms with Gasteiger partial charge in [-0.2, -0.15) is 13.2 Å².